The van der Waals surface area contributed by atoms with Crippen molar-refractivity contribution in [3.05, 3.63) is 35.4 Å². The quantitative estimate of drug-likeness (QED) is 0.734. The van der Waals surface area contributed by atoms with E-state index in [0.717, 1.165) is 19.3 Å². The number of rotatable bonds is 2. The van der Waals surface area contributed by atoms with Gasteiger partial charge >= 0.3 is 0 Å². The van der Waals surface area contributed by atoms with Crippen molar-refractivity contribution in [1.82, 2.24) is 0 Å². The molecule has 2 unspecified atom stereocenters. The van der Waals surface area contributed by atoms with Gasteiger partial charge in [0.1, 0.15) is 0 Å². The van der Waals surface area contributed by atoms with E-state index in [1.54, 1.807) is 0 Å². The molecule has 1 saturated carbocycles. The SMILES string of the molecule is CCc1cccc(C2CCC2O)c1. The zero-order valence-electron chi connectivity index (χ0n) is 8.03. The molecule has 70 valence electrons. The molecule has 0 radical (unpaired) electrons. The molecule has 0 bridgehead atoms. The maximum atomic E-state index is 9.52. The first-order valence-corrected chi connectivity index (χ1v) is 5.08. The van der Waals surface area contributed by atoms with Crippen LogP contribution in [0.4, 0.5) is 0 Å². The number of hydrogen-bond acceptors (Lipinski definition) is 1. The van der Waals surface area contributed by atoms with E-state index >= 15 is 0 Å². The molecule has 13 heavy (non-hydrogen) atoms. The van der Waals surface area contributed by atoms with Crippen molar-refractivity contribution in [2.75, 3.05) is 0 Å². The van der Waals surface area contributed by atoms with Crippen LogP contribution in [0, 0.1) is 0 Å². The van der Waals surface area contributed by atoms with Crippen LogP contribution < -0.4 is 0 Å². The summed E-state index contributed by atoms with van der Waals surface area (Å²) >= 11 is 0. The predicted molar refractivity (Wildman–Crippen MR) is 53.8 cm³/mol. The molecule has 1 aromatic carbocycles. The summed E-state index contributed by atoms with van der Waals surface area (Å²) in [6.45, 7) is 2.16. The molecule has 0 saturated heterocycles. The average molecular weight is 176 g/mol. The third kappa shape index (κ3) is 1.61. The zero-order chi connectivity index (χ0) is 9.26. The van der Waals surface area contributed by atoms with E-state index in [0.29, 0.717) is 5.92 Å². The summed E-state index contributed by atoms with van der Waals surface area (Å²) < 4.78 is 0. The predicted octanol–water partition coefficient (Wildman–Crippen LogP) is 2.49. The van der Waals surface area contributed by atoms with E-state index in [4.69, 9.17) is 0 Å². The van der Waals surface area contributed by atoms with Crippen LogP contribution in [0.2, 0.25) is 0 Å². The highest BCUT2D eigenvalue weighted by Gasteiger charge is 2.29. The third-order valence-corrected chi connectivity index (χ3v) is 3.03. The van der Waals surface area contributed by atoms with Crippen molar-refractivity contribution in [2.24, 2.45) is 0 Å². The Kier molecular flexibility index (Phi) is 2.36. The summed E-state index contributed by atoms with van der Waals surface area (Å²) in [7, 11) is 0. The van der Waals surface area contributed by atoms with Gasteiger partial charge in [-0.3, -0.25) is 0 Å². The summed E-state index contributed by atoms with van der Waals surface area (Å²) in [4.78, 5) is 0. The second-order valence-corrected chi connectivity index (χ2v) is 3.85. The first-order valence-electron chi connectivity index (χ1n) is 5.08. The Morgan fingerprint density at radius 1 is 1.38 bits per heavy atom. The number of aliphatic hydroxyl groups excluding tert-OH is 1. The first kappa shape index (κ1) is 8.76. The monoisotopic (exact) mass is 176 g/mol. The third-order valence-electron chi connectivity index (χ3n) is 3.03. The van der Waals surface area contributed by atoms with E-state index in [-0.39, 0.29) is 6.10 Å². The normalized spacial score (nSPS) is 26.9. The second-order valence-electron chi connectivity index (χ2n) is 3.85. The summed E-state index contributed by atoms with van der Waals surface area (Å²) in [5.74, 6) is 0.409. The van der Waals surface area contributed by atoms with Gasteiger partial charge in [0, 0.05) is 5.92 Å². The number of aryl methyl sites for hydroxylation is 1. The molecule has 1 aliphatic carbocycles. The summed E-state index contributed by atoms with van der Waals surface area (Å²) in [6.07, 6.45) is 3.11. The van der Waals surface area contributed by atoms with Gasteiger partial charge in [-0.1, -0.05) is 31.2 Å². The first-order chi connectivity index (χ1) is 6.31. The van der Waals surface area contributed by atoms with Crippen LogP contribution in [0.15, 0.2) is 24.3 Å². The molecule has 1 nitrogen and oxygen atoms in total. The fourth-order valence-corrected chi connectivity index (χ4v) is 1.91. The Morgan fingerprint density at radius 2 is 2.23 bits per heavy atom. The van der Waals surface area contributed by atoms with E-state index in [9.17, 15) is 5.11 Å². The molecule has 0 heterocycles. The summed E-state index contributed by atoms with van der Waals surface area (Å²) in [5.41, 5.74) is 2.69. The van der Waals surface area contributed by atoms with Crippen LogP contribution in [0.5, 0.6) is 0 Å². The van der Waals surface area contributed by atoms with Crippen molar-refractivity contribution < 1.29 is 5.11 Å². The largest absolute Gasteiger partial charge is 0.392 e. The fraction of sp³-hybridized carbons (Fsp3) is 0.500. The van der Waals surface area contributed by atoms with Gasteiger partial charge in [0.15, 0.2) is 0 Å². The molecule has 2 rings (SSSR count). The topological polar surface area (TPSA) is 20.2 Å². The Morgan fingerprint density at radius 3 is 2.77 bits per heavy atom. The van der Waals surface area contributed by atoms with Crippen molar-refractivity contribution >= 4 is 0 Å². The Labute approximate surface area is 79.4 Å². The maximum absolute atomic E-state index is 9.52. The molecule has 1 heteroatoms. The average Bonchev–Trinajstić information content (AvgIpc) is 2.16. The van der Waals surface area contributed by atoms with E-state index in [1.165, 1.54) is 11.1 Å². The fourth-order valence-electron chi connectivity index (χ4n) is 1.91. The van der Waals surface area contributed by atoms with Gasteiger partial charge < -0.3 is 5.11 Å². The lowest BCUT2D eigenvalue weighted by molar-refractivity contribution is 0.0661. The van der Waals surface area contributed by atoms with Gasteiger partial charge in [-0.05, 0) is 30.4 Å². The smallest absolute Gasteiger partial charge is 0.0609 e. The lowest BCUT2D eigenvalue weighted by atomic mass is 9.77. The molecule has 2 atom stereocenters. The highest BCUT2D eigenvalue weighted by atomic mass is 16.3. The molecule has 1 N–H and O–H groups in total. The molecule has 0 aromatic heterocycles. The van der Waals surface area contributed by atoms with Crippen molar-refractivity contribution in [3.63, 3.8) is 0 Å². The lowest BCUT2D eigenvalue weighted by Gasteiger charge is -2.32. The Balaban J connectivity index is 2.20. The van der Waals surface area contributed by atoms with Gasteiger partial charge in [0.25, 0.3) is 0 Å². The van der Waals surface area contributed by atoms with Gasteiger partial charge in [0.2, 0.25) is 0 Å². The van der Waals surface area contributed by atoms with Crippen molar-refractivity contribution in [2.45, 2.75) is 38.2 Å². The molecule has 0 spiro atoms. The van der Waals surface area contributed by atoms with Crippen LogP contribution >= 0.6 is 0 Å². The number of aliphatic hydroxyl groups is 1. The molecule has 0 aliphatic heterocycles. The van der Waals surface area contributed by atoms with Gasteiger partial charge in [-0.25, -0.2) is 0 Å². The van der Waals surface area contributed by atoms with Crippen molar-refractivity contribution in [1.29, 1.82) is 0 Å². The van der Waals surface area contributed by atoms with Crippen LogP contribution in [0.3, 0.4) is 0 Å². The Hall–Kier alpha value is -0.820. The van der Waals surface area contributed by atoms with E-state index < -0.39 is 0 Å². The highest BCUT2D eigenvalue weighted by molar-refractivity contribution is 5.28. The van der Waals surface area contributed by atoms with Crippen LogP contribution in [-0.2, 0) is 6.42 Å². The van der Waals surface area contributed by atoms with Crippen LogP contribution in [0.25, 0.3) is 0 Å². The Bertz CT molecular complexity index is 293. The van der Waals surface area contributed by atoms with Gasteiger partial charge in [-0.2, -0.15) is 0 Å². The molecular weight excluding hydrogens is 160 g/mol. The van der Waals surface area contributed by atoms with Gasteiger partial charge in [-0.15, -0.1) is 0 Å². The minimum absolute atomic E-state index is 0.0906. The molecule has 1 aliphatic rings. The van der Waals surface area contributed by atoms with Gasteiger partial charge in [0.05, 0.1) is 6.10 Å². The molecule has 1 fully saturated rings. The summed E-state index contributed by atoms with van der Waals surface area (Å²) in [6, 6.07) is 8.60. The highest BCUT2D eigenvalue weighted by Crippen LogP contribution is 2.36. The van der Waals surface area contributed by atoms with E-state index in [1.807, 2.05) is 0 Å². The zero-order valence-corrected chi connectivity index (χ0v) is 8.03. The number of benzene rings is 1. The minimum atomic E-state index is -0.0906. The molecule has 1 aromatic rings. The minimum Gasteiger partial charge on any atom is -0.392 e. The van der Waals surface area contributed by atoms with Crippen LogP contribution in [0.1, 0.15) is 36.8 Å². The maximum Gasteiger partial charge on any atom is 0.0609 e. The number of hydrogen-bond donors (Lipinski definition) is 1. The lowest BCUT2D eigenvalue weighted by Crippen LogP contribution is -2.28. The molecular formula is C12H16O. The second kappa shape index (κ2) is 3.51. The standard InChI is InChI=1S/C12H16O/c1-2-9-4-3-5-10(8-9)11-6-7-12(11)13/h3-5,8,11-13H,2,6-7H2,1H3. The van der Waals surface area contributed by atoms with Crippen LogP contribution in [-0.4, -0.2) is 11.2 Å². The molecule has 0 amide bonds. The van der Waals surface area contributed by atoms with E-state index in [2.05, 4.69) is 31.2 Å². The van der Waals surface area contributed by atoms with Crippen molar-refractivity contribution in [3.8, 4) is 0 Å². The summed E-state index contributed by atoms with van der Waals surface area (Å²) in [5, 5.41) is 9.52.